The third kappa shape index (κ3) is 4.10. The van der Waals surface area contributed by atoms with Gasteiger partial charge in [-0.15, -0.1) is 0 Å². The lowest BCUT2D eigenvalue weighted by atomic mass is 10.1. The van der Waals surface area contributed by atoms with Crippen molar-refractivity contribution in [1.82, 2.24) is 10.2 Å². The zero-order valence-corrected chi connectivity index (χ0v) is 15.8. The zero-order chi connectivity index (χ0) is 18.5. The molecule has 2 aromatic rings. The summed E-state index contributed by atoms with van der Waals surface area (Å²) >= 11 is 0. The van der Waals surface area contributed by atoms with Crippen molar-refractivity contribution >= 4 is 11.7 Å². The molecule has 1 fully saturated rings. The third-order valence-electron chi connectivity index (χ3n) is 4.88. The second-order valence-electron chi connectivity index (χ2n) is 6.73. The molecule has 0 spiro atoms. The SMILES string of the molecule is COc1ccccc1CNC(=O)N1CCN(c2ccc(C)cc2C)CC1. The number of nitrogens with zero attached hydrogens (tertiary/aromatic N) is 2. The number of aryl methyl sites for hydroxylation is 2. The summed E-state index contributed by atoms with van der Waals surface area (Å²) in [5.74, 6) is 0.799. The normalized spacial score (nSPS) is 14.3. The van der Waals surface area contributed by atoms with Gasteiger partial charge in [0, 0.05) is 44.0 Å². The molecule has 2 aromatic carbocycles. The van der Waals surface area contributed by atoms with Crippen LogP contribution in [0.25, 0.3) is 0 Å². The largest absolute Gasteiger partial charge is 0.496 e. The molecule has 0 aromatic heterocycles. The Morgan fingerprint density at radius 3 is 2.50 bits per heavy atom. The van der Waals surface area contributed by atoms with Crippen molar-refractivity contribution in [3.8, 4) is 5.75 Å². The van der Waals surface area contributed by atoms with Gasteiger partial charge in [-0.2, -0.15) is 0 Å². The fourth-order valence-electron chi connectivity index (χ4n) is 3.44. The number of carbonyl (C=O) groups is 1. The van der Waals surface area contributed by atoms with E-state index in [0.29, 0.717) is 6.54 Å². The third-order valence-corrected chi connectivity index (χ3v) is 4.88. The first kappa shape index (κ1) is 18.1. The van der Waals surface area contributed by atoms with Crippen LogP contribution in [0.4, 0.5) is 10.5 Å². The average Bonchev–Trinajstić information content (AvgIpc) is 2.66. The first-order valence-electron chi connectivity index (χ1n) is 9.05. The Bertz CT molecular complexity index is 768. The lowest BCUT2D eigenvalue weighted by Crippen LogP contribution is -2.51. The molecule has 0 aliphatic carbocycles. The van der Waals surface area contributed by atoms with Crippen LogP contribution in [-0.4, -0.2) is 44.2 Å². The van der Waals surface area contributed by atoms with Gasteiger partial charge in [-0.25, -0.2) is 4.79 Å². The molecule has 5 nitrogen and oxygen atoms in total. The highest BCUT2D eigenvalue weighted by Gasteiger charge is 2.22. The minimum absolute atomic E-state index is 0.0174. The fraction of sp³-hybridized carbons (Fsp3) is 0.381. The maximum atomic E-state index is 12.5. The number of benzene rings is 2. The number of carbonyl (C=O) groups excluding carboxylic acids is 1. The second-order valence-corrected chi connectivity index (χ2v) is 6.73. The van der Waals surface area contributed by atoms with E-state index in [1.165, 1.54) is 16.8 Å². The monoisotopic (exact) mass is 353 g/mol. The number of piperazine rings is 1. The molecule has 0 bridgehead atoms. The van der Waals surface area contributed by atoms with Crippen molar-refractivity contribution in [2.24, 2.45) is 0 Å². The van der Waals surface area contributed by atoms with Crippen LogP contribution in [0, 0.1) is 13.8 Å². The Labute approximate surface area is 155 Å². The molecule has 0 unspecified atom stereocenters. The lowest BCUT2D eigenvalue weighted by Gasteiger charge is -2.36. The minimum atomic E-state index is -0.0174. The maximum absolute atomic E-state index is 12.5. The predicted octanol–water partition coefficient (Wildman–Crippen LogP) is 3.34. The molecule has 0 atom stereocenters. The molecule has 1 aliphatic heterocycles. The number of ether oxygens (including phenoxy) is 1. The summed E-state index contributed by atoms with van der Waals surface area (Å²) in [5.41, 5.74) is 4.82. The average molecular weight is 353 g/mol. The molecular weight excluding hydrogens is 326 g/mol. The Hall–Kier alpha value is -2.69. The summed E-state index contributed by atoms with van der Waals surface area (Å²) in [6.45, 7) is 7.89. The fourth-order valence-corrected chi connectivity index (χ4v) is 3.44. The number of rotatable bonds is 4. The van der Waals surface area contributed by atoms with Gasteiger partial charge in [-0.1, -0.05) is 35.9 Å². The molecule has 3 rings (SSSR count). The molecule has 26 heavy (non-hydrogen) atoms. The zero-order valence-electron chi connectivity index (χ0n) is 15.8. The molecule has 138 valence electrons. The van der Waals surface area contributed by atoms with Crippen LogP contribution < -0.4 is 15.0 Å². The van der Waals surface area contributed by atoms with Crippen LogP contribution in [0.15, 0.2) is 42.5 Å². The number of hydrogen-bond acceptors (Lipinski definition) is 3. The van der Waals surface area contributed by atoms with E-state index in [2.05, 4.69) is 42.3 Å². The summed E-state index contributed by atoms with van der Waals surface area (Å²) in [6, 6.07) is 14.3. The van der Waals surface area contributed by atoms with Crippen LogP contribution in [0.3, 0.4) is 0 Å². The quantitative estimate of drug-likeness (QED) is 0.917. The maximum Gasteiger partial charge on any atom is 0.317 e. The molecular formula is C21H27N3O2. The van der Waals surface area contributed by atoms with E-state index >= 15 is 0 Å². The highest BCUT2D eigenvalue weighted by atomic mass is 16.5. The molecule has 2 amide bonds. The van der Waals surface area contributed by atoms with Crippen molar-refractivity contribution in [2.45, 2.75) is 20.4 Å². The van der Waals surface area contributed by atoms with Gasteiger partial charge >= 0.3 is 6.03 Å². The van der Waals surface area contributed by atoms with Crippen molar-refractivity contribution < 1.29 is 9.53 Å². The van der Waals surface area contributed by atoms with E-state index in [0.717, 1.165) is 37.5 Å². The van der Waals surface area contributed by atoms with Crippen LogP contribution in [0.5, 0.6) is 5.75 Å². The molecule has 0 saturated carbocycles. The van der Waals surface area contributed by atoms with Crippen LogP contribution in [0.1, 0.15) is 16.7 Å². The molecule has 1 N–H and O–H groups in total. The van der Waals surface area contributed by atoms with Crippen molar-refractivity contribution in [2.75, 3.05) is 38.2 Å². The number of nitrogens with one attached hydrogen (secondary N) is 1. The number of para-hydroxylation sites is 1. The standard InChI is InChI=1S/C21H27N3O2/c1-16-8-9-19(17(2)14-16)23-10-12-24(13-11-23)21(25)22-15-18-6-4-5-7-20(18)26-3/h4-9,14H,10-13,15H2,1-3H3,(H,22,25). The van der Waals surface area contributed by atoms with Crippen LogP contribution in [-0.2, 0) is 6.54 Å². The summed E-state index contributed by atoms with van der Waals surface area (Å²) in [6.07, 6.45) is 0. The Balaban J connectivity index is 1.53. The van der Waals surface area contributed by atoms with Crippen molar-refractivity contribution in [1.29, 1.82) is 0 Å². The van der Waals surface area contributed by atoms with Crippen molar-refractivity contribution in [3.05, 3.63) is 59.2 Å². The number of hydrogen-bond donors (Lipinski definition) is 1. The van der Waals surface area contributed by atoms with E-state index < -0.39 is 0 Å². The summed E-state index contributed by atoms with van der Waals surface area (Å²) in [7, 11) is 1.65. The van der Waals surface area contributed by atoms with Crippen LogP contribution >= 0.6 is 0 Å². The van der Waals surface area contributed by atoms with Gasteiger partial charge in [0.1, 0.15) is 5.75 Å². The minimum Gasteiger partial charge on any atom is -0.496 e. The number of methoxy groups -OCH3 is 1. The van der Waals surface area contributed by atoms with Gasteiger partial charge in [0.15, 0.2) is 0 Å². The second kappa shape index (κ2) is 8.13. The Morgan fingerprint density at radius 1 is 1.08 bits per heavy atom. The van der Waals surface area contributed by atoms with Gasteiger partial charge in [0.2, 0.25) is 0 Å². The molecule has 1 heterocycles. The first-order valence-corrected chi connectivity index (χ1v) is 9.05. The van der Waals surface area contributed by atoms with Gasteiger partial charge < -0.3 is 19.9 Å². The molecule has 1 aliphatic rings. The van der Waals surface area contributed by atoms with Gasteiger partial charge in [-0.3, -0.25) is 0 Å². The highest BCUT2D eigenvalue weighted by molar-refractivity contribution is 5.74. The number of urea groups is 1. The van der Waals surface area contributed by atoms with E-state index in [-0.39, 0.29) is 6.03 Å². The topological polar surface area (TPSA) is 44.8 Å². The first-order chi connectivity index (χ1) is 12.6. The number of amides is 2. The van der Waals surface area contributed by atoms with E-state index in [1.54, 1.807) is 7.11 Å². The van der Waals surface area contributed by atoms with Gasteiger partial charge in [0.25, 0.3) is 0 Å². The smallest absolute Gasteiger partial charge is 0.317 e. The van der Waals surface area contributed by atoms with Gasteiger partial charge in [-0.05, 0) is 31.5 Å². The number of anilines is 1. The van der Waals surface area contributed by atoms with Crippen LogP contribution in [0.2, 0.25) is 0 Å². The lowest BCUT2D eigenvalue weighted by molar-refractivity contribution is 0.194. The molecule has 0 radical (unpaired) electrons. The summed E-state index contributed by atoms with van der Waals surface area (Å²) in [4.78, 5) is 16.7. The Kier molecular flexibility index (Phi) is 5.66. The summed E-state index contributed by atoms with van der Waals surface area (Å²) < 4.78 is 5.33. The van der Waals surface area contributed by atoms with E-state index in [9.17, 15) is 4.79 Å². The van der Waals surface area contributed by atoms with Crippen molar-refractivity contribution in [3.63, 3.8) is 0 Å². The van der Waals surface area contributed by atoms with E-state index in [1.807, 2.05) is 29.2 Å². The molecule has 1 saturated heterocycles. The summed E-state index contributed by atoms with van der Waals surface area (Å²) in [5, 5.41) is 3.01. The highest BCUT2D eigenvalue weighted by Crippen LogP contribution is 2.22. The molecule has 5 heteroatoms. The van der Waals surface area contributed by atoms with Gasteiger partial charge in [0.05, 0.1) is 7.11 Å². The predicted molar refractivity (Wildman–Crippen MR) is 105 cm³/mol. The Morgan fingerprint density at radius 2 is 1.81 bits per heavy atom. The van der Waals surface area contributed by atoms with E-state index in [4.69, 9.17) is 4.74 Å².